The zero-order valence-electron chi connectivity index (χ0n) is 9.95. The Hall–Kier alpha value is -1.56. The molecule has 0 fully saturated rings. The summed E-state index contributed by atoms with van der Waals surface area (Å²) in [6.45, 7) is 2.30. The number of rotatable bonds is 5. The lowest BCUT2D eigenvalue weighted by atomic mass is 10.1. The zero-order chi connectivity index (χ0) is 13.7. The normalized spacial score (nSPS) is 10.2. The van der Waals surface area contributed by atoms with Crippen LogP contribution in [0.15, 0.2) is 18.2 Å². The summed E-state index contributed by atoms with van der Waals surface area (Å²) < 4.78 is 26.6. The summed E-state index contributed by atoms with van der Waals surface area (Å²) in [6, 6.07) is 3.49. The Balaban J connectivity index is 3.01. The van der Waals surface area contributed by atoms with Gasteiger partial charge in [0.15, 0.2) is 11.6 Å². The molecular formula is C12H14F2N2OS. The molecule has 0 heterocycles. The fourth-order valence-corrected chi connectivity index (χ4v) is 1.71. The Kier molecular flexibility index (Phi) is 5.15. The van der Waals surface area contributed by atoms with E-state index in [1.54, 1.807) is 0 Å². The molecule has 1 aromatic carbocycles. The summed E-state index contributed by atoms with van der Waals surface area (Å²) in [5.41, 5.74) is 5.07. The number of nitrogens with zero attached hydrogens (tertiary/aromatic N) is 1. The molecule has 98 valence electrons. The molecular weight excluding hydrogens is 258 g/mol. The van der Waals surface area contributed by atoms with Crippen LogP contribution in [0.5, 0.6) is 0 Å². The van der Waals surface area contributed by atoms with Gasteiger partial charge in [-0.15, -0.1) is 0 Å². The number of benzene rings is 1. The van der Waals surface area contributed by atoms with Crippen LogP contribution < -0.4 is 5.73 Å². The number of hydrogen-bond acceptors (Lipinski definition) is 2. The van der Waals surface area contributed by atoms with Crippen molar-refractivity contribution >= 4 is 23.1 Å². The van der Waals surface area contributed by atoms with Crippen molar-refractivity contribution in [1.82, 2.24) is 4.90 Å². The van der Waals surface area contributed by atoms with Crippen LogP contribution in [0.3, 0.4) is 0 Å². The van der Waals surface area contributed by atoms with Crippen LogP contribution in [0.1, 0.15) is 23.7 Å². The Morgan fingerprint density at radius 1 is 1.44 bits per heavy atom. The standard InChI is InChI=1S/C12H14F2N2OS/c1-2-6-16(7-10(15)18)12(17)8-4-3-5-9(13)11(8)14/h3-5H,2,6-7H2,1H3,(H2,15,18). The molecule has 0 saturated carbocycles. The predicted octanol–water partition coefficient (Wildman–Crippen LogP) is 2.10. The van der Waals surface area contributed by atoms with Gasteiger partial charge in [-0.25, -0.2) is 8.78 Å². The van der Waals surface area contributed by atoms with Crippen molar-refractivity contribution in [1.29, 1.82) is 0 Å². The molecule has 0 unspecified atom stereocenters. The third kappa shape index (κ3) is 3.46. The van der Waals surface area contributed by atoms with Gasteiger partial charge in [-0.2, -0.15) is 0 Å². The second-order valence-corrected chi connectivity index (χ2v) is 4.32. The molecule has 0 aliphatic rings. The monoisotopic (exact) mass is 272 g/mol. The van der Waals surface area contributed by atoms with Crippen molar-refractivity contribution in [3.8, 4) is 0 Å². The van der Waals surface area contributed by atoms with E-state index < -0.39 is 17.5 Å². The first-order chi connectivity index (χ1) is 8.47. The van der Waals surface area contributed by atoms with E-state index in [9.17, 15) is 13.6 Å². The van der Waals surface area contributed by atoms with Crippen LogP contribution in [0.2, 0.25) is 0 Å². The summed E-state index contributed by atoms with van der Waals surface area (Å²) >= 11 is 4.73. The zero-order valence-corrected chi connectivity index (χ0v) is 10.8. The number of nitrogens with two attached hydrogens (primary N) is 1. The third-order valence-corrected chi connectivity index (χ3v) is 2.44. The minimum Gasteiger partial charge on any atom is -0.392 e. The topological polar surface area (TPSA) is 46.3 Å². The number of carbonyl (C=O) groups excluding carboxylic acids is 1. The fourth-order valence-electron chi connectivity index (χ4n) is 1.55. The summed E-state index contributed by atoms with van der Waals surface area (Å²) in [4.78, 5) is 13.5. The van der Waals surface area contributed by atoms with Crippen molar-refractivity contribution in [3.63, 3.8) is 0 Å². The molecule has 0 saturated heterocycles. The van der Waals surface area contributed by atoms with Crippen molar-refractivity contribution in [2.45, 2.75) is 13.3 Å². The van der Waals surface area contributed by atoms with Crippen LogP contribution >= 0.6 is 12.2 Å². The number of carbonyl (C=O) groups is 1. The van der Waals surface area contributed by atoms with E-state index in [-0.39, 0.29) is 17.1 Å². The van der Waals surface area contributed by atoms with Gasteiger partial charge in [0.25, 0.3) is 5.91 Å². The second-order valence-electron chi connectivity index (χ2n) is 3.79. The summed E-state index contributed by atoms with van der Waals surface area (Å²) in [6.07, 6.45) is 0.672. The van der Waals surface area contributed by atoms with Crippen LogP contribution in [-0.4, -0.2) is 28.9 Å². The van der Waals surface area contributed by atoms with Gasteiger partial charge in [0.2, 0.25) is 0 Å². The lowest BCUT2D eigenvalue weighted by molar-refractivity contribution is 0.0774. The molecule has 1 aromatic rings. The first-order valence-electron chi connectivity index (χ1n) is 5.49. The lowest BCUT2D eigenvalue weighted by Gasteiger charge is -2.21. The van der Waals surface area contributed by atoms with Crippen LogP contribution in [-0.2, 0) is 0 Å². The molecule has 0 aliphatic heterocycles. The number of amides is 1. The lowest BCUT2D eigenvalue weighted by Crippen LogP contribution is -2.38. The molecule has 0 aliphatic carbocycles. The highest BCUT2D eigenvalue weighted by molar-refractivity contribution is 7.80. The van der Waals surface area contributed by atoms with E-state index >= 15 is 0 Å². The first kappa shape index (κ1) is 14.5. The fraction of sp³-hybridized carbons (Fsp3) is 0.333. The third-order valence-electron chi connectivity index (χ3n) is 2.31. The smallest absolute Gasteiger partial charge is 0.257 e. The first-order valence-corrected chi connectivity index (χ1v) is 5.89. The maximum Gasteiger partial charge on any atom is 0.257 e. The van der Waals surface area contributed by atoms with Crippen LogP contribution in [0.25, 0.3) is 0 Å². The SMILES string of the molecule is CCCN(CC(N)=S)C(=O)c1cccc(F)c1F. The van der Waals surface area contributed by atoms with Crippen molar-refractivity contribution in [2.75, 3.05) is 13.1 Å². The van der Waals surface area contributed by atoms with E-state index in [1.165, 1.54) is 17.0 Å². The van der Waals surface area contributed by atoms with Gasteiger partial charge >= 0.3 is 0 Å². The predicted molar refractivity (Wildman–Crippen MR) is 69.3 cm³/mol. The van der Waals surface area contributed by atoms with Gasteiger partial charge in [-0.05, 0) is 18.6 Å². The molecule has 0 bridgehead atoms. The van der Waals surface area contributed by atoms with Crippen molar-refractivity contribution in [2.24, 2.45) is 5.73 Å². The second kappa shape index (κ2) is 6.39. The highest BCUT2D eigenvalue weighted by Gasteiger charge is 2.20. The Bertz CT molecular complexity index is 465. The largest absolute Gasteiger partial charge is 0.392 e. The highest BCUT2D eigenvalue weighted by Crippen LogP contribution is 2.14. The number of halogens is 2. The minimum atomic E-state index is -1.15. The summed E-state index contributed by atoms with van der Waals surface area (Å²) in [5.74, 6) is -2.80. The average Bonchev–Trinajstić information content (AvgIpc) is 2.31. The number of hydrogen-bond donors (Lipinski definition) is 1. The Morgan fingerprint density at radius 2 is 2.11 bits per heavy atom. The molecule has 0 atom stereocenters. The van der Waals surface area contributed by atoms with Crippen molar-refractivity contribution < 1.29 is 13.6 Å². The molecule has 0 radical (unpaired) electrons. The van der Waals surface area contributed by atoms with E-state index in [0.29, 0.717) is 13.0 Å². The van der Waals surface area contributed by atoms with Gasteiger partial charge in [0.05, 0.1) is 17.1 Å². The van der Waals surface area contributed by atoms with E-state index in [0.717, 1.165) is 6.07 Å². The average molecular weight is 272 g/mol. The van der Waals surface area contributed by atoms with Crippen LogP contribution in [0, 0.1) is 11.6 Å². The molecule has 6 heteroatoms. The Labute approximate surface area is 110 Å². The van der Waals surface area contributed by atoms with E-state index in [2.05, 4.69) is 0 Å². The van der Waals surface area contributed by atoms with E-state index in [1.807, 2.05) is 6.92 Å². The van der Waals surface area contributed by atoms with Gasteiger partial charge < -0.3 is 10.6 Å². The summed E-state index contributed by atoms with van der Waals surface area (Å²) in [5, 5.41) is 0. The van der Waals surface area contributed by atoms with Gasteiger partial charge in [-0.3, -0.25) is 4.79 Å². The maximum absolute atomic E-state index is 13.5. The van der Waals surface area contributed by atoms with Gasteiger partial charge in [-0.1, -0.05) is 25.2 Å². The van der Waals surface area contributed by atoms with Gasteiger partial charge in [0.1, 0.15) is 0 Å². The van der Waals surface area contributed by atoms with Gasteiger partial charge in [0, 0.05) is 6.54 Å². The quantitative estimate of drug-likeness (QED) is 0.835. The molecule has 1 rings (SSSR count). The van der Waals surface area contributed by atoms with Crippen molar-refractivity contribution in [3.05, 3.63) is 35.4 Å². The maximum atomic E-state index is 13.5. The minimum absolute atomic E-state index is 0.0535. The highest BCUT2D eigenvalue weighted by atomic mass is 32.1. The molecule has 3 nitrogen and oxygen atoms in total. The molecule has 1 amide bonds. The molecule has 2 N–H and O–H groups in total. The summed E-state index contributed by atoms with van der Waals surface area (Å²) in [7, 11) is 0. The van der Waals surface area contributed by atoms with Crippen LogP contribution in [0.4, 0.5) is 8.78 Å². The van der Waals surface area contributed by atoms with E-state index in [4.69, 9.17) is 18.0 Å². The molecule has 18 heavy (non-hydrogen) atoms. The molecule has 0 aromatic heterocycles. The Morgan fingerprint density at radius 3 is 2.67 bits per heavy atom. The number of thiocarbonyl (C=S) groups is 1. The molecule has 0 spiro atoms.